The number of hydrogen-bond donors (Lipinski definition) is 1. The Bertz CT molecular complexity index is 197. The van der Waals surface area contributed by atoms with E-state index >= 15 is 0 Å². The Morgan fingerprint density at radius 3 is 2.50 bits per heavy atom. The van der Waals surface area contributed by atoms with Gasteiger partial charge in [-0.15, -0.1) is 0 Å². The summed E-state index contributed by atoms with van der Waals surface area (Å²) in [5.74, 6) is 0. The lowest BCUT2D eigenvalue weighted by molar-refractivity contribution is 0.418. The highest BCUT2D eigenvalue weighted by Crippen LogP contribution is 2.10. The SMILES string of the molecule is CCNc1ccc(COI)cc1. The van der Waals surface area contributed by atoms with Crippen LogP contribution in [0, 0.1) is 0 Å². The van der Waals surface area contributed by atoms with Gasteiger partial charge in [0.15, 0.2) is 0 Å². The lowest BCUT2D eigenvalue weighted by Gasteiger charge is -2.03. The van der Waals surface area contributed by atoms with Crippen molar-refractivity contribution in [2.75, 3.05) is 11.9 Å². The van der Waals surface area contributed by atoms with Gasteiger partial charge in [-0.1, -0.05) is 12.1 Å². The van der Waals surface area contributed by atoms with Gasteiger partial charge in [0.05, 0.1) is 6.61 Å². The second-order valence-corrected chi connectivity index (χ2v) is 3.10. The summed E-state index contributed by atoms with van der Waals surface area (Å²) in [4.78, 5) is 0. The van der Waals surface area contributed by atoms with Crippen LogP contribution in [0.4, 0.5) is 5.69 Å². The van der Waals surface area contributed by atoms with Gasteiger partial charge in [0, 0.05) is 12.2 Å². The van der Waals surface area contributed by atoms with Gasteiger partial charge in [-0.05, 0) is 24.6 Å². The van der Waals surface area contributed by atoms with E-state index in [9.17, 15) is 0 Å². The van der Waals surface area contributed by atoms with Gasteiger partial charge in [-0.3, -0.25) is 0 Å². The third-order valence-electron chi connectivity index (χ3n) is 1.56. The van der Waals surface area contributed by atoms with E-state index in [4.69, 9.17) is 3.07 Å². The fourth-order valence-corrected chi connectivity index (χ4v) is 1.35. The topological polar surface area (TPSA) is 21.3 Å². The van der Waals surface area contributed by atoms with Crippen molar-refractivity contribution in [3.8, 4) is 0 Å². The lowest BCUT2D eigenvalue weighted by atomic mass is 10.2. The molecule has 0 aliphatic carbocycles. The zero-order valence-electron chi connectivity index (χ0n) is 7.01. The number of hydrogen-bond acceptors (Lipinski definition) is 2. The Morgan fingerprint density at radius 1 is 1.33 bits per heavy atom. The second kappa shape index (κ2) is 5.37. The Labute approximate surface area is 87.0 Å². The van der Waals surface area contributed by atoms with Crippen LogP contribution in [0.25, 0.3) is 0 Å². The van der Waals surface area contributed by atoms with E-state index in [1.54, 1.807) is 0 Å². The van der Waals surface area contributed by atoms with E-state index < -0.39 is 0 Å². The summed E-state index contributed by atoms with van der Waals surface area (Å²) in [6.07, 6.45) is 0. The van der Waals surface area contributed by atoms with Gasteiger partial charge >= 0.3 is 0 Å². The normalized spacial score (nSPS) is 9.83. The van der Waals surface area contributed by atoms with Crippen LogP contribution in [0.15, 0.2) is 24.3 Å². The number of rotatable bonds is 4. The molecule has 0 aromatic heterocycles. The molecule has 1 aromatic rings. The van der Waals surface area contributed by atoms with Crippen molar-refractivity contribution in [2.24, 2.45) is 0 Å². The molecule has 0 bridgehead atoms. The highest BCUT2D eigenvalue weighted by Gasteiger charge is 1.92. The minimum atomic E-state index is 0.674. The van der Waals surface area contributed by atoms with Crippen LogP contribution in [0.1, 0.15) is 12.5 Å². The Balaban J connectivity index is 2.58. The molecule has 3 heteroatoms. The summed E-state index contributed by atoms with van der Waals surface area (Å²) in [7, 11) is 0. The standard InChI is InChI=1S/C9H12INO/c1-2-11-9-5-3-8(4-6-9)7-12-10/h3-6,11H,2,7H2,1H3. The number of halogens is 1. The van der Waals surface area contributed by atoms with Gasteiger partial charge in [-0.25, -0.2) is 0 Å². The summed E-state index contributed by atoms with van der Waals surface area (Å²) in [5, 5.41) is 3.23. The molecule has 66 valence electrons. The first-order valence-corrected chi connectivity index (χ1v) is 4.81. The Hall–Kier alpha value is -0.290. The second-order valence-electron chi connectivity index (χ2n) is 2.48. The summed E-state index contributed by atoms with van der Waals surface area (Å²) < 4.78 is 4.98. The molecule has 0 fully saturated rings. The van der Waals surface area contributed by atoms with Crippen LogP contribution in [-0.2, 0) is 9.67 Å². The van der Waals surface area contributed by atoms with Gasteiger partial charge in [0.1, 0.15) is 23.0 Å². The molecule has 0 heterocycles. The number of anilines is 1. The van der Waals surface area contributed by atoms with Crippen LogP contribution < -0.4 is 5.32 Å². The van der Waals surface area contributed by atoms with Crippen molar-refractivity contribution >= 4 is 28.7 Å². The van der Waals surface area contributed by atoms with E-state index in [0.717, 1.165) is 12.2 Å². The molecule has 0 amide bonds. The maximum Gasteiger partial charge on any atom is 0.110 e. The zero-order chi connectivity index (χ0) is 8.81. The fraction of sp³-hybridized carbons (Fsp3) is 0.333. The molecule has 0 atom stereocenters. The molecule has 0 unspecified atom stereocenters. The molecule has 1 rings (SSSR count). The maximum absolute atomic E-state index is 4.98. The van der Waals surface area contributed by atoms with Crippen molar-refractivity contribution in [3.05, 3.63) is 29.8 Å². The molecule has 1 aromatic carbocycles. The molecule has 0 saturated heterocycles. The lowest BCUT2D eigenvalue weighted by Crippen LogP contribution is -1.96. The summed E-state index contributed by atoms with van der Waals surface area (Å²) in [5.41, 5.74) is 2.36. The van der Waals surface area contributed by atoms with E-state index in [0.29, 0.717) is 6.61 Å². The largest absolute Gasteiger partial charge is 0.385 e. The monoisotopic (exact) mass is 277 g/mol. The molecule has 0 saturated carbocycles. The summed E-state index contributed by atoms with van der Waals surface area (Å²) >= 11 is 1.90. The molecule has 1 N–H and O–H groups in total. The average Bonchev–Trinajstić information content (AvgIpc) is 2.09. The predicted octanol–water partition coefficient (Wildman–Crippen LogP) is 2.99. The first kappa shape index (κ1) is 9.80. The van der Waals surface area contributed by atoms with E-state index in [2.05, 4.69) is 36.5 Å². The minimum absolute atomic E-state index is 0.674. The molecule has 0 aliphatic heterocycles. The molecule has 0 spiro atoms. The van der Waals surface area contributed by atoms with E-state index in [-0.39, 0.29) is 0 Å². The highest BCUT2D eigenvalue weighted by molar-refractivity contribution is 14.1. The summed E-state index contributed by atoms with van der Waals surface area (Å²) in [6, 6.07) is 8.26. The third kappa shape index (κ3) is 2.98. The maximum atomic E-state index is 4.98. The third-order valence-corrected chi connectivity index (χ3v) is 1.87. The Kier molecular flexibility index (Phi) is 4.39. The van der Waals surface area contributed by atoms with Gasteiger partial charge < -0.3 is 8.38 Å². The van der Waals surface area contributed by atoms with Crippen molar-refractivity contribution in [3.63, 3.8) is 0 Å². The average molecular weight is 277 g/mol. The first-order valence-electron chi connectivity index (χ1n) is 3.93. The van der Waals surface area contributed by atoms with Crippen molar-refractivity contribution < 1.29 is 3.07 Å². The highest BCUT2D eigenvalue weighted by atomic mass is 127. The number of benzene rings is 1. The molecular weight excluding hydrogens is 265 g/mol. The number of nitrogens with one attached hydrogen (secondary N) is 1. The van der Waals surface area contributed by atoms with E-state index in [1.807, 2.05) is 23.0 Å². The van der Waals surface area contributed by atoms with Crippen LogP contribution in [0.2, 0.25) is 0 Å². The van der Waals surface area contributed by atoms with Crippen LogP contribution in [0.3, 0.4) is 0 Å². The molecule has 12 heavy (non-hydrogen) atoms. The molecular formula is C9H12INO. The summed E-state index contributed by atoms with van der Waals surface area (Å²) in [6.45, 7) is 3.72. The van der Waals surface area contributed by atoms with Gasteiger partial charge in [0.2, 0.25) is 0 Å². The smallest absolute Gasteiger partial charge is 0.110 e. The molecule has 2 nitrogen and oxygen atoms in total. The van der Waals surface area contributed by atoms with Crippen molar-refractivity contribution in [2.45, 2.75) is 13.5 Å². The minimum Gasteiger partial charge on any atom is -0.385 e. The molecule has 0 aliphatic rings. The first-order chi connectivity index (χ1) is 5.86. The van der Waals surface area contributed by atoms with Crippen LogP contribution >= 0.6 is 23.0 Å². The van der Waals surface area contributed by atoms with Gasteiger partial charge in [0.25, 0.3) is 0 Å². The molecule has 0 radical (unpaired) electrons. The fourth-order valence-electron chi connectivity index (χ4n) is 0.986. The quantitative estimate of drug-likeness (QED) is 0.854. The van der Waals surface area contributed by atoms with Crippen molar-refractivity contribution in [1.29, 1.82) is 0 Å². The van der Waals surface area contributed by atoms with E-state index in [1.165, 1.54) is 5.56 Å². The van der Waals surface area contributed by atoms with Crippen LogP contribution in [0.5, 0.6) is 0 Å². The van der Waals surface area contributed by atoms with Gasteiger partial charge in [-0.2, -0.15) is 0 Å². The Morgan fingerprint density at radius 2 is 2.00 bits per heavy atom. The van der Waals surface area contributed by atoms with Crippen molar-refractivity contribution in [1.82, 2.24) is 0 Å². The predicted molar refractivity (Wildman–Crippen MR) is 59.4 cm³/mol. The van der Waals surface area contributed by atoms with Crippen LogP contribution in [-0.4, -0.2) is 6.54 Å². The zero-order valence-corrected chi connectivity index (χ0v) is 9.17.